The Morgan fingerprint density at radius 1 is 1.42 bits per heavy atom. The largest absolute Gasteiger partial charge is 0.352 e. The molecule has 9 nitrogen and oxygen atoms in total. The fraction of sp³-hybridized carbons (Fsp3) is 0.400. The number of carbonyl (C=O) groups is 3. The number of rotatable bonds is 8. The van der Waals surface area contributed by atoms with E-state index in [0.717, 1.165) is 0 Å². The van der Waals surface area contributed by atoms with Crippen molar-refractivity contribution in [3.05, 3.63) is 39.9 Å². The van der Waals surface area contributed by atoms with Gasteiger partial charge in [0.05, 0.1) is 17.3 Å². The minimum Gasteiger partial charge on any atom is -0.352 e. The molecule has 2 rings (SSSR count). The number of amides is 1. The third-order valence-corrected chi connectivity index (χ3v) is 3.71. The lowest BCUT2D eigenvalue weighted by Crippen LogP contribution is -2.62. The molecule has 0 spiro atoms. The molecule has 1 aliphatic heterocycles. The maximum absolute atomic E-state index is 11.7. The van der Waals surface area contributed by atoms with Gasteiger partial charge in [-0.05, 0) is 12.5 Å². The van der Waals surface area contributed by atoms with Crippen molar-refractivity contribution in [1.82, 2.24) is 5.32 Å². The van der Waals surface area contributed by atoms with E-state index in [0.29, 0.717) is 11.8 Å². The Bertz CT molecular complexity index is 642. The highest BCUT2D eigenvalue weighted by molar-refractivity contribution is 5.87. The molecule has 1 amide bonds. The highest BCUT2D eigenvalue weighted by Crippen LogP contribution is 2.23. The van der Waals surface area contributed by atoms with Crippen molar-refractivity contribution in [3.63, 3.8) is 0 Å². The summed E-state index contributed by atoms with van der Waals surface area (Å²) >= 11 is 0. The first-order valence-electron chi connectivity index (χ1n) is 7.26. The molecule has 1 fully saturated rings. The normalized spacial score (nSPS) is 20.5. The van der Waals surface area contributed by atoms with Gasteiger partial charge in [-0.15, -0.1) is 0 Å². The molecule has 0 aliphatic carbocycles. The van der Waals surface area contributed by atoms with Gasteiger partial charge >= 0.3 is 5.97 Å². The van der Waals surface area contributed by atoms with Gasteiger partial charge in [0, 0.05) is 24.6 Å². The Kier molecular flexibility index (Phi) is 5.59. The minimum absolute atomic E-state index is 0.0748. The highest BCUT2D eigenvalue weighted by Gasteiger charge is 2.44. The summed E-state index contributed by atoms with van der Waals surface area (Å²) in [6, 6.07) is 5.15. The van der Waals surface area contributed by atoms with Crippen molar-refractivity contribution in [3.8, 4) is 0 Å². The maximum atomic E-state index is 11.7. The number of nitrogens with one attached hydrogen (secondary N) is 1. The van der Waals surface area contributed by atoms with E-state index < -0.39 is 22.9 Å². The second-order valence-electron chi connectivity index (χ2n) is 5.40. The van der Waals surface area contributed by atoms with Crippen LogP contribution in [-0.2, 0) is 30.6 Å². The van der Waals surface area contributed by atoms with Gasteiger partial charge in [0.15, 0.2) is 0 Å². The van der Waals surface area contributed by atoms with Crippen LogP contribution in [0.5, 0.6) is 0 Å². The smallest absolute Gasteiger partial charge is 0.346 e. The molecule has 0 aromatic heterocycles. The topological polar surface area (TPSA) is 125 Å². The highest BCUT2D eigenvalue weighted by atomic mass is 17.2. The first-order chi connectivity index (χ1) is 11.4. The van der Waals surface area contributed by atoms with Crippen molar-refractivity contribution in [2.75, 3.05) is 0 Å². The van der Waals surface area contributed by atoms with Gasteiger partial charge < -0.3 is 10.1 Å². The van der Waals surface area contributed by atoms with Gasteiger partial charge in [0.2, 0.25) is 5.91 Å². The average Bonchev–Trinajstić information content (AvgIpc) is 2.53. The Morgan fingerprint density at radius 2 is 2.08 bits per heavy atom. The summed E-state index contributed by atoms with van der Waals surface area (Å²) in [6.07, 6.45) is 0.0504. The van der Waals surface area contributed by atoms with E-state index in [1.807, 2.05) is 0 Å². The molecular formula is C15H16N2O7. The number of nitrogens with zero attached hydrogens (tertiary/aromatic N) is 1. The lowest BCUT2D eigenvalue weighted by atomic mass is 9.84. The van der Waals surface area contributed by atoms with Gasteiger partial charge in [0.1, 0.15) is 12.4 Å². The summed E-state index contributed by atoms with van der Waals surface area (Å²) in [5.41, 5.74) is 0.455. The Hall–Kier alpha value is -2.81. The standard InChI is InChI=1S/C15H16N2O7/c1-9(14-12(6-7-18)16-15(14)20)23-24-13(19)8-10-2-4-11(5-3-10)17(21)22/h2-5,7,9,12,14H,6,8H2,1H3,(H,16,20)/t9?,12-,14-/m1/s1. The molecule has 1 aromatic rings. The van der Waals surface area contributed by atoms with E-state index >= 15 is 0 Å². The van der Waals surface area contributed by atoms with Crippen LogP contribution < -0.4 is 5.32 Å². The molecular weight excluding hydrogens is 320 g/mol. The summed E-state index contributed by atoms with van der Waals surface area (Å²) in [6.45, 7) is 1.57. The zero-order chi connectivity index (χ0) is 17.7. The van der Waals surface area contributed by atoms with Gasteiger partial charge in [-0.1, -0.05) is 12.1 Å². The quantitative estimate of drug-likeness (QED) is 0.243. The number of non-ortho nitro benzene ring substituents is 1. The fourth-order valence-corrected chi connectivity index (χ4v) is 2.43. The van der Waals surface area contributed by atoms with E-state index in [9.17, 15) is 24.5 Å². The van der Waals surface area contributed by atoms with Crippen molar-refractivity contribution >= 4 is 23.9 Å². The monoisotopic (exact) mass is 336 g/mol. The van der Waals surface area contributed by atoms with Crippen LogP contribution in [0, 0.1) is 16.0 Å². The zero-order valence-corrected chi connectivity index (χ0v) is 12.8. The van der Waals surface area contributed by atoms with Gasteiger partial charge in [-0.2, -0.15) is 4.89 Å². The number of hydrogen-bond acceptors (Lipinski definition) is 7. The van der Waals surface area contributed by atoms with E-state index in [1.54, 1.807) is 6.92 Å². The summed E-state index contributed by atoms with van der Waals surface area (Å²) in [5, 5.41) is 13.1. The van der Waals surface area contributed by atoms with Crippen molar-refractivity contribution in [2.24, 2.45) is 5.92 Å². The summed E-state index contributed by atoms with van der Waals surface area (Å²) in [7, 11) is 0. The number of nitro benzene ring substituents is 1. The second-order valence-corrected chi connectivity index (χ2v) is 5.40. The number of nitro groups is 1. The number of aldehydes is 1. The van der Waals surface area contributed by atoms with Gasteiger partial charge in [-0.25, -0.2) is 4.79 Å². The van der Waals surface area contributed by atoms with E-state index in [1.165, 1.54) is 24.3 Å². The molecule has 1 N–H and O–H groups in total. The third-order valence-electron chi connectivity index (χ3n) is 3.71. The fourth-order valence-electron chi connectivity index (χ4n) is 2.43. The average molecular weight is 336 g/mol. The molecule has 1 aromatic carbocycles. The molecule has 1 saturated heterocycles. The van der Waals surface area contributed by atoms with E-state index in [2.05, 4.69) is 10.2 Å². The van der Waals surface area contributed by atoms with Crippen LogP contribution in [0.4, 0.5) is 5.69 Å². The minimum atomic E-state index is -0.692. The van der Waals surface area contributed by atoms with Crippen LogP contribution in [-0.4, -0.2) is 35.2 Å². The SMILES string of the molecule is CC(OOC(=O)Cc1ccc([N+](=O)[O-])cc1)[C@H]1C(=O)N[C@@H]1CC=O. The van der Waals surface area contributed by atoms with Crippen molar-refractivity contribution in [1.29, 1.82) is 0 Å². The predicted octanol–water partition coefficient (Wildman–Crippen LogP) is 0.704. The van der Waals surface area contributed by atoms with Crippen molar-refractivity contribution in [2.45, 2.75) is 31.9 Å². The summed E-state index contributed by atoms with van der Waals surface area (Å²) < 4.78 is 0. The third kappa shape index (κ3) is 4.13. The van der Waals surface area contributed by atoms with Crippen LogP contribution in [0.2, 0.25) is 0 Å². The molecule has 9 heteroatoms. The van der Waals surface area contributed by atoms with Crippen LogP contribution in [0.25, 0.3) is 0 Å². The van der Waals surface area contributed by atoms with Crippen LogP contribution in [0.15, 0.2) is 24.3 Å². The molecule has 24 heavy (non-hydrogen) atoms. The van der Waals surface area contributed by atoms with Crippen LogP contribution >= 0.6 is 0 Å². The summed E-state index contributed by atoms with van der Waals surface area (Å²) in [5.74, 6) is -1.51. The molecule has 1 unspecified atom stereocenters. The number of benzene rings is 1. The molecule has 3 atom stereocenters. The number of β-lactam (4-membered cyclic amide) rings is 1. The van der Waals surface area contributed by atoms with Crippen LogP contribution in [0.1, 0.15) is 18.9 Å². The molecule has 1 heterocycles. The lowest BCUT2D eigenvalue weighted by molar-refractivity contribution is -0.384. The Balaban J connectivity index is 1.81. The predicted molar refractivity (Wildman–Crippen MR) is 79.5 cm³/mol. The molecule has 128 valence electrons. The van der Waals surface area contributed by atoms with Gasteiger partial charge in [0.25, 0.3) is 5.69 Å². The molecule has 1 aliphatic rings. The second kappa shape index (κ2) is 7.64. The molecule has 0 saturated carbocycles. The van der Waals surface area contributed by atoms with Crippen molar-refractivity contribution < 1.29 is 29.1 Å². The first-order valence-corrected chi connectivity index (χ1v) is 7.26. The number of carbonyl (C=O) groups excluding carboxylic acids is 3. The first kappa shape index (κ1) is 17.5. The zero-order valence-electron chi connectivity index (χ0n) is 12.8. The van der Waals surface area contributed by atoms with E-state index in [-0.39, 0.29) is 30.5 Å². The number of hydrogen-bond donors (Lipinski definition) is 1. The van der Waals surface area contributed by atoms with Gasteiger partial charge in [-0.3, -0.25) is 19.8 Å². The van der Waals surface area contributed by atoms with Crippen LogP contribution in [0.3, 0.4) is 0 Å². The van der Waals surface area contributed by atoms with E-state index in [4.69, 9.17) is 4.89 Å². The Labute approximate surface area is 137 Å². The lowest BCUT2D eigenvalue weighted by Gasteiger charge is -2.38. The molecule has 0 radical (unpaired) electrons. The maximum Gasteiger partial charge on any atom is 0.346 e. The summed E-state index contributed by atoms with van der Waals surface area (Å²) in [4.78, 5) is 53.3. The molecule has 0 bridgehead atoms. The Morgan fingerprint density at radius 3 is 2.62 bits per heavy atom.